The van der Waals surface area contributed by atoms with Crippen LogP contribution in [0.25, 0.3) is 11.1 Å². The van der Waals surface area contributed by atoms with E-state index < -0.39 is 0 Å². The number of amides is 1. The third kappa shape index (κ3) is 2.81. The van der Waals surface area contributed by atoms with Gasteiger partial charge < -0.3 is 10.4 Å². The van der Waals surface area contributed by atoms with E-state index in [0.29, 0.717) is 0 Å². The van der Waals surface area contributed by atoms with Gasteiger partial charge in [0.2, 0.25) is 5.91 Å². The molecule has 86 valence electrons. The topological polar surface area (TPSA) is 62.2 Å². The number of rotatable bonds is 2. The highest BCUT2D eigenvalue weighted by molar-refractivity contribution is 5.89. The van der Waals surface area contributed by atoms with Crippen molar-refractivity contribution in [2.45, 2.75) is 6.92 Å². The lowest BCUT2D eigenvalue weighted by molar-refractivity contribution is -0.114. The minimum atomic E-state index is -0.115. The minimum absolute atomic E-state index is 0.115. The summed E-state index contributed by atoms with van der Waals surface area (Å²) < 4.78 is 0. The second-order valence-corrected chi connectivity index (χ2v) is 3.69. The van der Waals surface area contributed by atoms with Gasteiger partial charge in [-0.2, -0.15) is 0 Å². The normalized spacial score (nSPS) is 9.94. The van der Waals surface area contributed by atoms with Gasteiger partial charge in [0.15, 0.2) is 0 Å². The zero-order valence-corrected chi connectivity index (χ0v) is 9.34. The van der Waals surface area contributed by atoms with Crippen molar-refractivity contribution in [3.05, 3.63) is 42.7 Å². The minimum Gasteiger partial charge on any atom is -0.506 e. The summed E-state index contributed by atoms with van der Waals surface area (Å²) in [6.45, 7) is 1.46. The van der Waals surface area contributed by atoms with Crippen LogP contribution in [0.2, 0.25) is 0 Å². The lowest BCUT2D eigenvalue weighted by atomic mass is 10.1. The van der Waals surface area contributed by atoms with E-state index in [9.17, 15) is 9.90 Å². The summed E-state index contributed by atoms with van der Waals surface area (Å²) >= 11 is 0. The molecule has 1 heterocycles. The lowest BCUT2D eigenvalue weighted by Gasteiger charge is -2.05. The van der Waals surface area contributed by atoms with E-state index in [1.54, 1.807) is 18.3 Å². The Morgan fingerprint density at radius 1 is 1.24 bits per heavy atom. The molecule has 0 saturated heterocycles. The predicted octanol–water partition coefficient (Wildman–Crippen LogP) is 2.41. The fraction of sp³-hybridized carbons (Fsp3) is 0.0769. The number of hydrogen-bond acceptors (Lipinski definition) is 3. The van der Waals surface area contributed by atoms with Crippen molar-refractivity contribution in [1.82, 2.24) is 4.98 Å². The van der Waals surface area contributed by atoms with Gasteiger partial charge >= 0.3 is 0 Å². The maximum absolute atomic E-state index is 11.0. The van der Waals surface area contributed by atoms with Gasteiger partial charge in [0.25, 0.3) is 0 Å². The molecule has 0 unspecified atom stereocenters. The molecular weight excluding hydrogens is 216 g/mol. The first kappa shape index (κ1) is 11.1. The highest BCUT2D eigenvalue weighted by atomic mass is 16.3. The lowest BCUT2D eigenvalue weighted by Crippen LogP contribution is -2.05. The van der Waals surface area contributed by atoms with Crippen molar-refractivity contribution >= 4 is 11.6 Å². The van der Waals surface area contributed by atoms with Crippen LogP contribution >= 0.6 is 0 Å². The number of anilines is 1. The summed E-state index contributed by atoms with van der Waals surface area (Å²) in [6, 6.07) is 8.99. The number of nitrogens with zero attached hydrogens (tertiary/aromatic N) is 1. The molecule has 0 aliphatic heterocycles. The number of carbonyl (C=O) groups is 1. The van der Waals surface area contributed by atoms with Crippen molar-refractivity contribution in [3.63, 3.8) is 0 Å². The molecule has 0 atom stereocenters. The first-order chi connectivity index (χ1) is 8.15. The van der Waals surface area contributed by atoms with E-state index in [1.165, 1.54) is 13.1 Å². The number of pyridine rings is 1. The fourth-order valence-electron chi connectivity index (χ4n) is 1.57. The van der Waals surface area contributed by atoms with Crippen LogP contribution in [0.1, 0.15) is 6.92 Å². The molecule has 0 spiro atoms. The summed E-state index contributed by atoms with van der Waals surface area (Å²) in [5.74, 6) is 0.00335. The molecule has 0 aliphatic carbocycles. The molecule has 0 fully saturated rings. The van der Waals surface area contributed by atoms with Crippen molar-refractivity contribution < 1.29 is 9.90 Å². The average Bonchev–Trinajstić information content (AvgIpc) is 2.28. The van der Waals surface area contributed by atoms with E-state index in [1.807, 2.05) is 18.2 Å². The summed E-state index contributed by atoms with van der Waals surface area (Å²) in [4.78, 5) is 14.9. The quantitative estimate of drug-likeness (QED) is 0.829. The Balaban J connectivity index is 2.36. The van der Waals surface area contributed by atoms with Crippen LogP contribution in [0, 0.1) is 0 Å². The smallest absolute Gasteiger partial charge is 0.221 e. The Bertz CT molecular complexity index is 553. The van der Waals surface area contributed by atoms with E-state index >= 15 is 0 Å². The molecule has 2 aromatic rings. The highest BCUT2D eigenvalue weighted by Gasteiger charge is 2.01. The first-order valence-corrected chi connectivity index (χ1v) is 5.17. The fourth-order valence-corrected chi connectivity index (χ4v) is 1.57. The number of hydrogen-bond donors (Lipinski definition) is 2. The Kier molecular flexibility index (Phi) is 3.05. The van der Waals surface area contributed by atoms with Gasteiger partial charge in [-0.1, -0.05) is 12.1 Å². The second-order valence-electron chi connectivity index (χ2n) is 3.69. The highest BCUT2D eigenvalue weighted by Crippen LogP contribution is 2.24. The molecule has 0 bridgehead atoms. The Morgan fingerprint density at radius 3 is 2.76 bits per heavy atom. The molecule has 1 aromatic carbocycles. The molecule has 0 aliphatic rings. The number of benzene rings is 1. The second kappa shape index (κ2) is 4.65. The zero-order valence-electron chi connectivity index (χ0n) is 9.34. The van der Waals surface area contributed by atoms with Gasteiger partial charge in [-0.3, -0.25) is 9.78 Å². The molecule has 1 amide bonds. The van der Waals surface area contributed by atoms with Crippen molar-refractivity contribution in [3.8, 4) is 16.9 Å². The van der Waals surface area contributed by atoms with E-state index in [4.69, 9.17) is 0 Å². The van der Waals surface area contributed by atoms with Gasteiger partial charge in [-0.15, -0.1) is 0 Å². The first-order valence-electron chi connectivity index (χ1n) is 5.17. The molecular formula is C13H12N2O2. The molecule has 0 radical (unpaired) electrons. The molecule has 1 aromatic heterocycles. The predicted molar refractivity (Wildman–Crippen MR) is 65.6 cm³/mol. The van der Waals surface area contributed by atoms with Crippen LogP contribution in [0.4, 0.5) is 5.69 Å². The van der Waals surface area contributed by atoms with Gasteiger partial charge in [-0.05, 0) is 23.8 Å². The van der Waals surface area contributed by atoms with E-state index in [-0.39, 0.29) is 11.7 Å². The maximum atomic E-state index is 11.0. The van der Waals surface area contributed by atoms with Gasteiger partial charge in [0.05, 0.1) is 6.20 Å². The zero-order chi connectivity index (χ0) is 12.3. The van der Waals surface area contributed by atoms with Crippen LogP contribution in [0.5, 0.6) is 5.75 Å². The third-order valence-corrected chi connectivity index (χ3v) is 2.24. The van der Waals surface area contributed by atoms with Gasteiger partial charge in [-0.25, -0.2) is 0 Å². The SMILES string of the molecule is CC(=O)Nc1cccc(-c2cncc(O)c2)c1. The summed E-state index contributed by atoms with van der Waals surface area (Å²) in [5, 5.41) is 12.1. The molecule has 2 N–H and O–H groups in total. The number of carbonyl (C=O) groups excluding carboxylic acids is 1. The van der Waals surface area contributed by atoms with Crippen LogP contribution in [0.15, 0.2) is 42.7 Å². The van der Waals surface area contributed by atoms with Crippen LogP contribution < -0.4 is 5.32 Å². The van der Waals surface area contributed by atoms with Crippen molar-refractivity contribution in [1.29, 1.82) is 0 Å². The van der Waals surface area contributed by atoms with E-state index in [0.717, 1.165) is 16.8 Å². The number of nitrogens with one attached hydrogen (secondary N) is 1. The summed E-state index contributed by atoms with van der Waals surface area (Å²) in [6.07, 6.45) is 3.04. The van der Waals surface area contributed by atoms with Gasteiger partial charge in [0, 0.05) is 24.4 Å². The monoisotopic (exact) mass is 228 g/mol. The Labute approximate surface area is 98.9 Å². The van der Waals surface area contributed by atoms with Crippen LogP contribution in [-0.2, 0) is 4.79 Å². The molecule has 17 heavy (non-hydrogen) atoms. The maximum Gasteiger partial charge on any atom is 0.221 e. The van der Waals surface area contributed by atoms with E-state index in [2.05, 4.69) is 10.3 Å². The summed E-state index contributed by atoms with van der Waals surface area (Å²) in [5.41, 5.74) is 2.41. The van der Waals surface area contributed by atoms with Crippen molar-refractivity contribution in [2.75, 3.05) is 5.32 Å². The largest absolute Gasteiger partial charge is 0.506 e. The van der Waals surface area contributed by atoms with Gasteiger partial charge in [0.1, 0.15) is 5.75 Å². The standard InChI is InChI=1S/C13H12N2O2/c1-9(16)15-12-4-2-3-10(5-12)11-6-13(17)8-14-7-11/h2-8,17H,1H3,(H,15,16). The third-order valence-electron chi connectivity index (χ3n) is 2.24. The Morgan fingerprint density at radius 2 is 2.06 bits per heavy atom. The average molecular weight is 228 g/mol. The van der Waals surface area contributed by atoms with Crippen LogP contribution in [0.3, 0.4) is 0 Å². The van der Waals surface area contributed by atoms with Crippen LogP contribution in [-0.4, -0.2) is 16.0 Å². The molecule has 2 rings (SSSR count). The Hall–Kier alpha value is -2.36. The molecule has 0 saturated carbocycles. The molecule has 4 heteroatoms. The number of aromatic hydroxyl groups is 1. The molecule has 4 nitrogen and oxygen atoms in total. The summed E-state index contributed by atoms with van der Waals surface area (Å²) in [7, 11) is 0. The van der Waals surface area contributed by atoms with Crippen molar-refractivity contribution in [2.24, 2.45) is 0 Å². The number of aromatic nitrogens is 1.